The molecule has 0 aliphatic heterocycles. The Labute approximate surface area is 138 Å². The molecule has 0 saturated carbocycles. The standard InChI is InChI=1S/C16H7ClF3N3O/c17-13-10-6-7-12(16(18,19)20)22-14(10)23(15(24)11(13)8-21)9-4-2-1-3-5-9/h1-7H. The number of benzene rings is 1. The third-order valence-electron chi connectivity index (χ3n) is 3.38. The Morgan fingerprint density at radius 2 is 1.79 bits per heavy atom. The maximum absolute atomic E-state index is 13.0. The van der Waals surface area contributed by atoms with Crippen LogP contribution in [0.1, 0.15) is 11.3 Å². The Bertz CT molecular complexity index is 1040. The van der Waals surface area contributed by atoms with Gasteiger partial charge < -0.3 is 0 Å². The van der Waals surface area contributed by atoms with Gasteiger partial charge in [-0.05, 0) is 24.3 Å². The van der Waals surface area contributed by atoms with E-state index in [0.717, 1.165) is 16.7 Å². The second-order valence-corrected chi connectivity index (χ2v) is 5.22. The quantitative estimate of drug-likeness (QED) is 0.669. The number of para-hydroxylation sites is 1. The van der Waals surface area contributed by atoms with Gasteiger partial charge in [0, 0.05) is 5.39 Å². The molecule has 0 radical (unpaired) electrons. The highest BCUT2D eigenvalue weighted by atomic mass is 35.5. The van der Waals surface area contributed by atoms with E-state index in [1.54, 1.807) is 24.3 Å². The zero-order valence-corrected chi connectivity index (χ0v) is 12.6. The van der Waals surface area contributed by atoms with Crippen molar-refractivity contribution in [2.24, 2.45) is 0 Å². The summed E-state index contributed by atoms with van der Waals surface area (Å²) < 4.78 is 39.8. The number of rotatable bonds is 1. The van der Waals surface area contributed by atoms with E-state index in [2.05, 4.69) is 4.98 Å². The number of fused-ring (bicyclic) bond motifs is 1. The molecule has 0 aliphatic rings. The number of pyridine rings is 2. The number of aromatic nitrogens is 2. The Kier molecular flexibility index (Phi) is 3.78. The normalized spacial score (nSPS) is 11.5. The number of alkyl halides is 3. The number of halogens is 4. The summed E-state index contributed by atoms with van der Waals surface area (Å²) in [4.78, 5) is 16.1. The van der Waals surface area contributed by atoms with Crippen molar-refractivity contribution in [3.05, 3.63) is 69.1 Å². The highest BCUT2D eigenvalue weighted by molar-refractivity contribution is 6.36. The van der Waals surface area contributed by atoms with Gasteiger partial charge in [-0.2, -0.15) is 18.4 Å². The van der Waals surface area contributed by atoms with Crippen molar-refractivity contribution in [2.75, 3.05) is 0 Å². The van der Waals surface area contributed by atoms with Crippen LogP contribution in [0, 0.1) is 11.3 Å². The molecule has 1 aromatic carbocycles. The van der Waals surface area contributed by atoms with Gasteiger partial charge in [0.25, 0.3) is 5.56 Å². The van der Waals surface area contributed by atoms with Gasteiger partial charge in [-0.3, -0.25) is 9.36 Å². The third kappa shape index (κ3) is 2.51. The zero-order chi connectivity index (χ0) is 17.5. The predicted octanol–water partition coefficient (Wildman–Crippen LogP) is 3.93. The Morgan fingerprint density at radius 3 is 2.38 bits per heavy atom. The SMILES string of the molecule is N#Cc1c(Cl)c2ccc(C(F)(F)F)nc2n(-c2ccccc2)c1=O. The van der Waals surface area contributed by atoms with Crippen LogP contribution < -0.4 is 5.56 Å². The number of nitrogens with zero attached hydrogens (tertiary/aromatic N) is 3. The maximum atomic E-state index is 13.0. The average molecular weight is 350 g/mol. The molecule has 0 spiro atoms. The fourth-order valence-corrected chi connectivity index (χ4v) is 2.57. The van der Waals surface area contributed by atoms with E-state index in [4.69, 9.17) is 16.9 Å². The molecule has 0 saturated heterocycles. The fraction of sp³-hybridized carbons (Fsp3) is 0.0625. The van der Waals surface area contributed by atoms with Crippen molar-refractivity contribution in [3.8, 4) is 11.8 Å². The summed E-state index contributed by atoms with van der Waals surface area (Å²) in [5.41, 5.74) is -2.31. The van der Waals surface area contributed by atoms with Crippen molar-refractivity contribution in [1.82, 2.24) is 9.55 Å². The maximum Gasteiger partial charge on any atom is 0.433 e. The Hall–Kier alpha value is -2.85. The lowest BCUT2D eigenvalue weighted by Crippen LogP contribution is -2.23. The van der Waals surface area contributed by atoms with Gasteiger partial charge in [0.05, 0.1) is 10.7 Å². The van der Waals surface area contributed by atoms with Crippen LogP contribution in [0.3, 0.4) is 0 Å². The van der Waals surface area contributed by atoms with Gasteiger partial charge in [-0.25, -0.2) is 4.98 Å². The van der Waals surface area contributed by atoms with Crippen LogP contribution in [-0.2, 0) is 6.18 Å². The molecule has 8 heteroatoms. The predicted molar refractivity (Wildman–Crippen MR) is 82.1 cm³/mol. The largest absolute Gasteiger partial charge is 0.433 e. The lowest BCUT2D eigenvalue weighted by atomic mass is 10.1. The molecule has 0 aliphatic carbocycles. The van der Waals surface area contributed by atoms with Crippen LogP contribution in [0.4, 0.5) is 13.2 Å². The van der Waals surface area contributed by atoms with Crippen LogP contribution in [0.15, 0.2) is 47.3 Å². The van der Waals surface area contributed by atoms with E-state index < -0.39 is 17.4 Å². The molecule has 2 aromatic heterocycles. The minimum Gasteiger partial charge on any atom is -0.267 e. The van der Waals surface area contributed by atoms with E-state index >= 15 is 0 Å². The first kappa shape index (κ1) is 16.0. The lowest BCUT2D eigenvalue weighted by Gasteiger charge is -2.14. The van der Waals surface area contributed by atoms with E-state index in [9.17, 15) is 18.0 Å². The first-order valence-electron chi connectivity index (χ1n) is 6.62. The molecule has 0 fully saturated rings. The molecule has 3 aromatic rings. The van der Waals surface area contributed by atoms with Crippen LogP contribution >= 0.6 is 11.6 Å². The third-order valence-corrected chi connectivity index (χ3v) is 3.77. The molecule has 0 atom stereocenters. The van der Waals surface area contributed by atoms with E-state index in [-0.39, 0.29) is 27.3 Å². The fourth-order valence-electron chi connectivity index (χ4n) is 2.30. The molecule has 4 nitrogen and oxygen atoms in total. The van der Waals surface area contributed by atoms with Gasteiger partial charge in [0.15, 0.2) is 0 Å². The van der Waals surface area contributed by atoms with Crippen molar-refractivity contribution in [2.45, 2.75) is 6.18 Å². The van der Waals surface area contributed by atoms with Gasteiger partial charge >= 0.3 is 6.18 Å². The van der Waals surface area contributed by atoms with Crippen molar-refractivity contribution < 1.29 is 13.2 Å². The molecule has 0 N–H and O–H groups in total. The van der Waals surface area contributed by atoms with Crippen molar-refractivity contribution >= 4 is 22.6 Å². The second-order valence-electron chi connectivity index (χ2n) is 4.84. The van der Waals surface area contributed by atoms with Crippen LogP contribution in [-0.4, -0.2) is 9.55 Å². The minimum absolute atomic E-state index is 0.0877. The van der Waals surface area contributed by atoms with E-state index in [0.29, 0.717) is 0 Å². The topological polar surface area (TPSA) is 58.7 Å². The summed E-state index contributed by atoms with van der Waals surface area (Å²) in [6.45, 7) is 0. The molecule has 0 amide bonds. The van der Waals surface area contributed by atoms with Crippen molar-refractivity contribution in [3.63, 3.8) is 0 Å². The summed E-state index contributed by atoms with van der Waals surface area (Å²) in [7, 11) is 0. The summed E-state index contributed by atoms with van der Waals surface area (Å²) in [6.07, 6.45) is -4.67. The number of nitriles is 1. The minimum atomic E-state index is -4.67. The highest BCUT2D eigenvalue weighted by Crippen LogP contribution is 2.31. The highest BCUT2D eigenvalue weighted by Gasteiger charge is 2.33. The van der Waals surface area contributed by atoms with Gasteiger partial charge in [-0.15, -0.1) is 0 Å². The van der Waals surface area contributed by atoms with Crippen LogP contribution in [0.5, 0.6) is 0 Å². The number of hydrogen-bond donors (Lipinski definition) is 0. The molecular formula is C16H7ClF3N3O. The summed E-state index contributed by atoms with van der Waals surface area (Å²) in [6, 6.07) is 11.5. The van der Waals surface area contributed by atoms with Gasteiger partial charge in [0.1, 0.15) is 23.0 Å². The van der Waals surface area contributed by atoms with Gasteiger partial charge in [0.2, 0.25) is 0 Å². The Balaban J connectivity index is 2.52. The zero-order valence-electron chi connectivity index (χ0n) is 11.8. The van der Waals surface area contributed by atoms with Crippen LogP contribution in [0.25, 0.3) is 16.7 Å². The Morgan fingerprint density at radius 1 is 1.12 bits per heavy atom. The first-order valence-corrected chi connectivity index (χ1v) is 7.00. The molecular weight excluding hydrogens is 343 g/mol. The van der Waals surface area contributed by atoms with E-state index in [1.807, 2.05) is 0 Å². The molecule has 0 bridgehead atoms. The summed E-state index contributed by atoms with van der Waals surface area (Å²) in [5, 5.41) is 9.04. The first-order chi connectivity index (χ1) is 11.3. The van der Waals surface area contributed by atoms with Gasteiger partial charge in [-0.1, -0.05) is 29.8 Å². The summed E-state index contributed by atoms with van der Waals surface area (Å²) in [5.74, 6) is 0. The molecule has 2 heterocycles. The second kappa shape index (κ2) is 5.65. The number of hydrogen-bond acceptors (Lipinski definition) is 3. The monoisotopic (exact) mass is 349 g/mol. The molecule has 0 unspecified atom stereocenters. The van der Waals surface area contributed by atoms with E-state index in [1.165, 1.54) is 12.1 Å². The molecule has 3 rings (SSSR count). The van der Waals surface area contributed by atoms with Crippen molar-refractivity contribution in [1.29, 1.82) is 5.26 Å². The lowest BCUT2D eigenvalue weighted by molar-refractivity contribution is -0.141. The average Bonchev–Trinajstić information content (AvgIpc) is 2.55. The molecule has 120 valence electrons. The van der Waals surface area contributed by atoms with Crippen LogP contribution in [0.2, 0.25) is 5.02 Å². The summed E-state index contributed by atoms with van der Waals surface area (Å²) >= 11 is 6.02. The molecule has 24 heavy (non-hydrogen) atoms. The smallest absolute Gasteiger partial charge is 0.267 e.